The van der Waals surface area contributed by atoms with E-state index in [9.17, 15) is 4.79 Å². The average molecular weight is 335 g/mol. The fraction of sp³-hybridized carbons (Fsp3) is 0.316. The summed E-state index contributed by atoms with van der Waals surface area (Å²) < 4.78 is 0. The zero-order valence-electron chi connectivity index (χ0n) is 14.1. The van der Waals surface area contributed by atoms with Crippen molar-refractivity contribution >= 4 is 22.8 Å². The van der Waals surface area contributed by atoms with Crippen molar-refractivity contribution < 1.29 is 4.79 Å². The molecule has 1 aliphatic rings. The Morgan fingerprint density at radius 2 is 2.08 bits per heavy atom. The van der Waals surface area contributed by atoms with Crippen LogP contribution in [0.4, 0.5) is 10.6 Å². The first-order valence-corrected chi connectivity index (χ1v) is 8.67. The molecule has 2 aromatic heterocycles. The van der Waals surface area contributed by atoms with Crippen molar-refractivity contribution in [2.24, 2.45) is 0 Å². The molecule has 4 rings (SSSR count). The van der Waals surface area contributed by atoms with E-state index in [4.69, 9.17) is 0 Å². The number of urea groups is 1. The number of fused-ring (bicyclic) bond motifs is 1. The SMILES string of the molecule is C[C@@H](NC(=O)Nc1cc2[nH]nc(C3CCC3)c2cn1)c1ccccc1. The maximum Gasteiger partial charge on any atom is 0.320 e. The molecule has 2 amide bonds. The molecule has 0 radical (unpaired) electrons. The van der Waals surface area contributed by atoms with Gasteiger partial charge in [-0.15, -0.1) is 0 Å². The Morgan fingerprint density at radius 3 is 2.80 bits per heavy atom. The highest BCUT2D eigenvalue weighted by Gasteiger charge is 2.24. The Hall–Kier alpha value is -2.89. The first kappa shape index (κ1) is 15.6. The van der Waals surface area contributed by atoms with E-state index in [1.54, 1.807) is 6.20 Å². The van der Waals surface area contributed by atoms with Crippen LogP contribution in [0.15, 0.2) is 42.6 Å². The minimum absolute atomic E-state index is 0.0812. The predicted octanol–water partition coefficient (Wildman–Crippen LogP) is 4.11. The first-order valence-electron chi connectivity index (χ1n) is 8.67. The molecule has 1 atom stereocenters. The number of aromatic amines is 1. The molecule has 3 N–H and O–H groups in total. The molecule has 0 saturated heterocycles. The lowest BCUT2D eigenvalue weighted by Gasteiger charge is -2.23. The van der Waals surface area contributed by atoms with Crippen LogP contribution in [0.3, 0.4) is 0 Å². The monoisotopic (exact) mass is 335 g/mol. The quantitative estimate of drug-likeness (QED) is 0.671. The summed E-state index contributed by atoms with van der Waals surface area (Å²) in [4.78, 5) is 16.6. The number of rotatable bonds is 4. The molecule has 0 aliphatic heterocycles. The van der Waals surface area contributed by atoms with Gasteiger partial charge in [-0.25, -0.2) is 9.78 Å². The van der Waals surface area contributed by atoms with Crippen LogP contribution in [0.2, 0.25) is 0 Å². The van der Waals surface area contributed by atoms with Gasteiger partial charge >= 0.3 is 6.03 Å². The van der Waals surface area contributed by atoms with E-state index in [0.29, 0.717) is 11.7 Å². The summed E-state index contributed by atoms with van der Waals surface area (Å²) in [5.41, 5.74) is 3.06. The second-order valence-electron chi connectivity index (χ2n) is 6.58. The second-order valence-corrected chi connectivity index (χ2v) is 6.58. The zero-order valence-corrected chi connectivity index (χ0v) is 14.1. The molecular weight excluding hydrogens is 314 g/mol. The van der Waals surface area contributed by atoms with Crippen molar-refractivity contribution in [1.82, 2.24) is 20.5 Å². The van der Waals surface area contributed by atoms with Crippen LogP contribution in [0.5, 0.6) is 0 Å². The van der Waals surface area contributed by atoms with E-state index in [1.807, 2.05) is 43.3 Å². The van der Waals surface area contributed by atoms with Crippen LogP contribution in [0.1, 0.15) is 49.4 Å². The van der Waals surface area contributed by atoms with Crippen molar-refractivity contribution in [2.45, 2.75) is 38.1 Å². The fourth-order valence-electron chi connectivity index (χ4n) is 3.17. The molecule has 1 fully saturated rings. The topological polar surface area (TPSA) is 82.7 Å². The summed E-state index contributed by atoms with van der Waals surface area (Å²) in [7, 11) is 0. The third-order valence-electron chi connectivity index (χ3n) is 4.86. The number of aromatic nitrogens is 3. The minimum atomic E-state index is -0.276. The number of carbonyl (C=O) groups excluding carboxylic acids is 1. The standard InChI is InChI=1S/C19H21N5O/c1-12(13-6-3-2-4-7-13)21-19(25)22-17-10-16-15(11-20-17)18(24-23-16)14-8-5-9-14/h2-4,6-7,10-12,14H,5,8-9H2,1H3,(H,23,24)(H2,20,21,22,25)/t12-/m1/s1. The number of nitrogens with one attached hydrogen (secondary N) is 3. The van der Waals surface area contributed by atoms with Gasteiger partial charge in [-0.3, -0.25) is 10.4 Å². The molecule has 0 spiro atoms. The van der Waals surface area contributed by atoms with Crippen LogP contribution in [-0.2, 0) is 0 Å². The van der Waals surface area contributed by atoms with E-state index in [2.05, 4.69) is 25.8 Å². The second kappa shape index (κ2) is 6.55. The van der Waals surface area contributed by atoms with Crippen molar-refractivity contribution in [2.75, 3.05) is 5.32 Å². The zero-order chi connectivity index (χ0) is 17.2. The maximum atomic E-state index is 12.2. The lowest BCUT2D eigenvalue weighted by molar-refractivity contribution is 0.249. The number of benzene rings is 1. The number of carbonyl (C=O) groups is 1. The molecular formula is C19H21N5O. The van der Waals surface area contributed by atoms with Gasteiger partial charge in [-0.1, -0.05) is 36.8 Å². The van der Waals surface area contributed by atoms with Crippen LogP contribution in [0.25, 0.3) is 10.9 Å². The Bertz CT molecular complexity index is 885. The van der Waals surface area contributed by atoms with Gasteiger partial charge in [-0.2, -0.15) is 5.10 Å². The van der Waals surface area contributed by atoms with Crippen molar-refractivity contribution in [3.05, 3.63) is 53.9 Å². The van der Waals surface area contributed by atoms with Crippen LogP contribution in [-0.4, -0.2) is 21.2 Å². The summed E-state index contributed by atoms with van der Waals surface area (Å²) in [5.74, 6) is 1.05. The molecule has 1 saturated carbocycles. The fourth-order valence-corrected chi connectivity index (χ4v) is 3.17. The number of pyridine rings is 1. The maximum absolute atomic E-state index is 12.2. The molecule has 6 nitrogen and oxygen atoms in total. The van der Waals surface area contributed by atoms with E-state index in [0.717, 1.165) is 22.2 Å². The lowest BCUT2D eigenvalue weighted by Crippen LogP contribution is -2.31. The highest BCUT2D eigenvalue weighted by Crippen LogP contribution is 2.38. The molecule has 6 heteroatoms. The predicted molar refractivity (Wildman–Crippen MR) is 97.5 cm³/mol. The number of hydrogen-bond acceptors (Lipinski definition) is 3. The normalized spacial score (nSPS) is 15.6. The van der Waals surface area contributed by atoms with Gasteiger partial charge in [0.05, 0.1) is 17.3 Å². The van der Waals surface area contributed by atoms with Gasteiger partial charge in [0.15, 0.2) is 0 Å². The van der Waals surface area contributed by atoms with Crippen molar-refractivity contribution in [3.8, 4) is 0 Å². The molecule has 25 heavy (non-hydrogen) atoms. The number of amides is 2. The summed E-state index contributed by atoms with van der Waals surface area (Å²) in [6, 6.07) is 11.3. The molecule has 0 unspecified atom stereocenters. The van der Waals surface area contributed by atoms with Gasteiger partial charge in [0.1, 0.15) is 5.82 Å². The van der Waals surface area contributed by atoms with Gasteiger partial charge < -0.3 is 5.32 Å². The molecule has 1 aromatic carbocycles. The van der Waals surface area contributed by atoms with E-state index < -0.39 is 0 Å². The number of nitrogens with zero attached hydrogens (tertiary/aromatic N) is 2. The third kappa shape index (κ3) is 3.20. The summed E-state index contributed by atoms with van der Waals surface area (Å²) in [6.07, 6.45) is 5.45. The van der Waals surface area contributed by atoms with Gasteiger partial charge in [-0.05, 0) is 25.3 Å². The van der Waals surface area contributed by atoms with Crippen molar-refractivity contribution in [3.63, 3.8) is 0 Å². The van der Waals surface area contributed by atoms with Gasteiger partial charge in [0.2, 0.25) is 0 Å². The largest absolute Gasteiger partial charge is 0.331 e. The number of hydrogen-bond donors (Lipinski definition) is 3. The highest BCUT2D eigenvalue weighted by atomic mass is 16.2. The molecule has 128 valence electrons. The minimum Gasteiger partial charge on any atom is -0.331 e. The highest BCUT2D eigenvalue weighted by molar-refractivity contribution is 5.91. The molecule has 3 aromatic rings. The number of anilines is 1. The van der Waals surface area contributed by atoms with Crippen LogP contribution < -0.4 is 10.6 Å². The molecule has 1 aliphatic carbocycles. The van der Waals surface area contributed by atoms with Crippen LogP contribution in [0, 0.1) is 0 Å². The lowest BCUT2D eigenvalue weighted by atomic mass is 9.82. The Balaban J connectivity index is 1.44. The smallest absolute Gasteiger partial charge is 0.320 e. The van der Waals surface area contributed by atoms with Crippen LogP contribution >= 0.6 is 0 Å². The first-order chi connectivity index (χ1) is 12.2. The van der Waals surface area contributed by atoms with Gasteiger partial charge in [0, 0.05) is 23.6 Å². The Labute approximate surface area is 146 Å². The average Bonchev–Trinajstić information content (AvgIpc) is 2.97. The Morgan fingerprint density at radius 1 is 1.28 bits per heavy atom. The van der Waals surface area contributed by atoms with E-state index in [1.165, 1.54) is 19.3 Å². The third-order valence-corrected chi connectivity index (χ3v) is 4.86. The van der Waals surface area contributed by atoms with E-state index >= 15 is 0 Å². The van der Waals surface area contributed by atoms with E-state index in [-0.39, 0.29) is 12.1 Å². The summed E-state index contributed by atoms with van der Waals surface area (Å²) >= 11 is 0. The summed E-state index contributed by atoms with van der Waals surface area (Å²) in [5, 5.41) is 14.2. The molecule has 2 heterocycles. The summed E-state index contributed by atoms with van der Waals surface area (Å²) in [6.45, 7) is 1.95. The molecule has 0 bridgehead atoms. The Kier molecular flexibility index (Phi) is 4.09. The number of H-pyrrole nitrogens is 1. The van der Waals surface area contributed by atoms with Crippen molar-refractivity contribution in [1.29, 1.82) is 0 Å². The van der Waals surface area contributed by atoms with Gasteiger partial charge in [0.25, 0.3) is 0 Å².